The van der Waals surface area contributed by atoms with Crippen molar-refractivity contribution in [1.29, 1.82) is 0 Å². The van der Waals surface area contributed by atoms with Gasteiger partial charge in [0.1, 0.15) is 0 Å². The molecule has 0 heterocycles. The Labute approximate surface area is 88.6 Å². The average Bonchev–Trinajstić information content (AvgIpc) is 2.17. The topological polar surface area (TPSA) is 3.24 Å². The van der Waals surface area contributed by atoms with Gasteiger partial charge in [0.2, 0.25) is 0 Å². The molecule has 0 aromatic rings. The zero-order valence-corrected chi connectivity index (χ0v) is 8.78. The third-order valence-electron chi connectivity index (χ3n) is 2.49. The first-order chi connectivity index (χ1) is 6.77. The van der Waals surface area contributed by atoms with Gasteiger partial charge in [-0.1, -0.05) is 30.5 Å². The predicted molar refractivity (Wildman–Crippen MR) is 63.4 cm³/mol. The van der Waals surface area contributed by atoms with E-state index in [1.54, 1.807) is 0 Å². The van der Waals surface area contributed by atoms with Crippen LogP contribution in [0.1, 0.15) is 19.3 Å². The van der Waals surface area contributed by atoms with Gasteiger partial charge in [0.05, 0.1) is 7.85 Å². The number of rotatable bonds is 5. The minimum atomic E-state index is 0.326. The maximum absolute atomic E-state index is 5.94. The maximum Gasteiger partial charge on any atom is 0.0704 e. The summed E-state index contributed by atoms with van der Waals surface area (Å²) >= 11 is 0. The van der Waals surface area contributed by atoms with Gasteiger partial charge in [0, 0.05) is 18.8 Å². The van der Waals surface area contributed by atoms with Crippen molar-refractivity contribution in [3.63, 3.8) is 0 Å². The average molecular weight is 187 g/mol. The summed E-state index contributed by atoms with van der Waals surface area (Å²) in [5.41, 5.74) is 1.35. The third kappa shape index (κ3) is 3.10. The lowest BCUT2D eigenvalue weighted by Gasteiger charge is -2.30. The zero-order chi connectivity index (χ0) is 10.4. The Morgan fingerprint density at radius 2 is 2.07 bits per heavy atom. The van der Waals surface area contributed by atoms with Crippen LogP contribution >= 0.6 is 0 Å². The number of allylic oxidation sites excluding steroid dienone is 2. The van der Waals surface area contributed by atoms with Crippen molar-refractivity contribution in [1.82, 2.24) is 4.90 Å². The van der Waals surface area contributed by atoms with Crippen LogP contribution in [0, 0.1) is 0 Å². The summed E-state index contributed by atoms with van der Waals surface area (Å²) in [5.74, 6) is 0.326. The molecule has 2 heteroatoms. The van der Waals surface area contributed by atoms with Gasteiger partial charge in [-0.15, -0.1) is 13.2 Å². The number of hydrogen-bond donors (Lipinski definition) is 0. The lowest BCUT2D eigenvalue weighted by Crippen LogP contribution is -2.25. The molecule has 1 unspecified atom stereocenters. The Hall–Kier alpha value is -0.915. The van der Waals surface area contributed by atoms with E-state index in [2.05, 4.69) is 24.1 Å². The summed E-state index contributed by atoms with van der Waals surface area (Å²) in [5, 5.41) is 0. The highest BCUT2D eigenvalue weighted by molar-refractivity contribution is 6.11. The molecular weight excluding hydrogens is 169 g/mol. The van der Waals surface area contributed by atoms with E-state index in [1.807, 2.05) is 12.2 Å². The van der Waals surface area contributed by atoms with Crippen LogP contribution in [-0.4, -0.2) is 25.8 Å². The largest absolute Gasteiger partial charge is 0.368 e. The minimum Gasteiger partial charge on any atom is -0.368 e. The molecule has 1 aliphatic rings. The molecule has 1 rings (SSSR count). The van der Waals surface area contributed by atoms with Crippen LogP contribution in [0.3, 0.4) is 0 Å². The Morgan fingerprint density at radius 1 is 1.43 bits per heavy atom. The highest BCUT2D eigenvalue weighted by Crippen LogP contribution is 2.27. The molecule has 0 fully saturated rings. The van der Waals surface area contributed by atoms with Crippen LogP contribution in [0.5, 0.6) is 0 Å². The summed E-state index contributed by atoms with van der Waals surface area (Å²) in [7, 11) is 5.94. The molecule has 0 amide bonds. The van der Waals surface area contributed by atoms with Gasteiger partial charge in [0.15, 0.2) is 0 Å². The molecule has 0 aromatic carbocycles. The maximum atomic E-state index is 5.94. The van der Waals surface area contributed by atoms with Crippen molar-refractivity contribution < 1.29 is 0 Å². The minimum absolute atomic E-state index is 0.326. The molecule has 74 valence electrons. The molecule has 1 atom stereocenters. The van der Waals surface area contributed by atoms with Crippen molar-refractivity contribution in [2.45, 2.75) is 25.1 Å². The van der Waals surface area contributed by atoms with Crippen LogP contribution in [0.4, 0.5) is 0 Å². The van der Waals surface area contributed by atoms with Crippen LogP contribution < -0.4 is 0 Å². The van der Waals surface area contributed by atoms with Crippen molar-refractivity contribution in [2.75, 3.05) is 13.1 Å². The molecule has 0 aliphatic heterocycles. The number of hydrogen-bond acceptors (Lipinski definition) is 1. The van der Waals surface area contributed by atoms with E-state index in [9.17, 15) is 0 Å². The summed E-state index contributed by atoms with van der Waals surface area (Å²) in [6, 6.07) is 0. The third-order valence-corrected chi connectivity index (χ3v) is 2.49. The van der Waals surface area contributed by atoms with Gasteiger partial charge in [-0.2, -0.15) is 0 Å². The molecule has 0 bridgehead atoms. The second-order valence-corrected chi connectivity index (χ2v) is 3.72. The first kappa shape index (κ1) is 11.2. The molecule has 0 spiro atoms. The van der Waals surface area contributed by atoms with Gasteiger partial charge in [0.25, 0.3) is 0 Å². The molecule has 1 nitrogen and oxygen atoms in total. The van der Waals surface area contributed by atoms with E-state index in [4.69, 9.17) is 7.85 Å². The second-order valence-electron chi connectivity index (χ2n) is 3.72. The van der Waals surface area contributed by atoms with E-state index in [0.29, 0.717) is 5.82 Å². The van der Waals surface area contributed by atoms with Crippen LogP contribution in [-0.2, 0) is 0 Å². The normalized spacial score (nSPS) is 21.1. The lowest BCUT2D eigenvalue weighted by atomic mass is 9.77. The number of nitrogens with zero attached hydrogens (tertiary/aromatic N) is 1. The SMILES string of the molecule is [B]C1CCC=C(N(CC=C)CC=C)C1. The molecule has 1 aliphatic carbocycles. The van der Waals surface area contributed by atoms with E-state index in [0.717, 1.165) is 32.4 Å². The van der Waals surface area contributed by atoms with E-state index in [-0.39, 0.29) is 0 Å². The van der Waals surface area contributed by atoms with Crippen LogP contribution in [0.2, 0.25) is 5.82 Å². The standard InChI is InChI=1S/C12H18BN/c1-3-8-14(9-4-2)12-7-5-6-11(13)10-12/h3-4,7,11H,1-2,5-6,8-10H2. The second kappa shape index (κ2) is 5.74. The Balaban J connectivity index is 2.61. The smallest absolute Gasteiger partial charge is 0.0704 e. The van der Waals surface area contributed by atoms with Gasteiger partial charge >= 0.3 is 0 Å². The molecule has 0 saturated heterocycles. The summed E-state index contributed by atoms with van der Waals surface area (Å²) in [6.45, 7) is 9.28. The van der Waals surface area contributed by atoms with Gasteiger partial charge < -0.3 is 4.90 Å². The first-order valence-electron chi connectivity index (χ1n) is 5.19. The van der Waals surface area contributed by atoms with Crippen molar-refractivity contribution in [3.05, 3.63) is 37.1 Å². The summed E-state index contributed by atoms with van der Waals surface area (Å²) in [4.78, 5) is 2.28. The molecular formula is C12H18BN. The van der Waals surface area contributed by atoms with E-state index < -0.39 is 0 Å². The monoisotopic (exact) mass is 187 g/mol. The van der Waals surface area contributed by atoms with Crippen LogP contribution in [0.25, 0.3) is 0 Å². The lowest BCUT2D eigenvalue weighted by molar-refractivity contribution is 0.389. The fourth-order valence-corrected chi connectivity index (χ4v) is 1.80. The highest BCUT2D eigenvalue weighted by Gasteiger charge is 2.14. The first-order valence-corrected chi connectivity index (χ1v) is 5.19. The van der Waals surface area contributed by atoms with Crippen molar-refractivity contribution >= 4 is 7.85 Å². The Kier molecular flexibility index (Phi) is 4.58. The molecule has 0 N–H and O–H groups in total. The molecule has 2 radical (unpaired) electrons. The Bertz CT molecular complexity index is 222. The van der Waals surface area contributed by atoms with Gasteiger partial charge in [-0.25, -0.2) is 0 Å². The molecule has 0 saturated carbocycles. The fourth-order valence-electron chi connectivity index (χ4n) is 1.80. The summed E-state index contributed by atoms with van der Waals surface area (Å²) < 4.78 is 0. The molecule has 14 heavy (non-hydrogen) atoms. The van der Waals surface area contributed by atoms with E-state index in [1.165, 1.54) is 5.70 Å². The van der Waals surface area contributed by atoms with Gasteiger partial charge in [-0.05, 0) is 12.8 Å². The Morgan fingerprint density at radius 3 is 2.57 bits per heavy atom. The predicted octanol–water partition coefficient (Wildman–Crippen LogP) is 2.69. The highest BCUT2D eigenvalue weighted by atomic mass is 15.1. The van der Waals surface area contributed by atoms with E-state index >= 15 is 0 Å². The summed E-state index contributed by atoms with van der Waals surface area (Å²) in [6.07, 6.45) is 9.33. The zero-order valence-electron chi connectivity index (χ0n) is 8.78. The fraction of sp³-hybridized carbons (Fsp3) is 0.500. The molecule has 0 aromatic heterocycles. The quantitative estimate of drug-likeness (QED) is 0.472. The van der Waals surface area contributed by atoms with Crippen molar-refractivity contribution in [2.24, 2.45) is 0 Å². The van der Waals surface area contributed by atoms with Crippen molar-refractivity contribution in [3.8, 4) is 0 Å². The van der Waals surface area contributed by atoms with Gasteiger partial charge in [-0.3, -0.25) is 0 Å². The van der Waals surface area contributed by atoms with Crippen LogP contribution in [0.15, 0.2) is 37.1 Å².